The highest BCUT2D eigenvalue weighted by molar-refractivity contribution is 5.10. The molecule has 0 amide bonds. The van der Waals surface area contributed by atoms with Crippen LogP contribution in [0.4, 0.5) is 0 Å². The molecule has 0 unspecified atom stereocenters. The normalized spacial score (nSPS) is 10.8. The van der Waals surface area contributed by atoms with Gasteiger partial charge in [-0.15, -0.1) is 5.10 Å². The highest BCUT2D eigenvalue weighted by atomic mass is 15.5. The predicted octanol–water partition coefficient (Wildman–Crippen LogP) is 1.18. The van der Waals surface area contributed by atoms with Crippen molar-refractivity contribution in [2.75, 3.05) is 0 Å². The van der Waals surface area contributed by atoms with Crippen molar-refractivity contribution in [1.82, 2.24) is 25.0 Å². The van der Waals surface area contributed by atoms with Crippen LogP contribution in [0.2, 0.25) is 0 Å². The van der Waals surface area contributed by atoms with Crippen molar-refractivity contribution in [1.29, 1.82) is 0 Å². The van der Waals surface area contributed by atoms with Gasteiger partial charge >= 0.3 is 0 Å². The second-order valence-corrected chi connectivity index (χ2v) is 3.29. The molecule has 0 atom stereocenters. The summed E-state index contributed by atoms with van der Waals surface area (Å²) in [6, 6.07) is 1.77. The molecule has 2 aromatic heterocycles. The van der Waals surface area contributed by atoms with E-state index in [-0.39, 0.29) is 0 Å². The van der Waals surface area contributed by atoms with Crippen LogP contribution in [0.5, 0.6) is 0 Å². The van der Waals surface area contributed by atoms with E-state index in [4.69, 9.17) is 0 Å². The van der Waals surface area contributed by atoms with Crippen molar-refractivity contribution in [3.8, 4) is 5.95 Å². The summed E-state index contributed by atoms with van der Waals surface area (Å²) in [5, 5.41) is 7.97. The molecule has 5 nitrogen and oxygen atoms in total. The minimum absolute atomic E-state index is 0.368. The van der Waals surface area contributed by atoms with Gasteiger partial charge in [-0.25, -0.2) is 9.97 Å². The second-order valence-electron chi connectivity index (χ2n) is 3.29. The van der Waals surface area contributed by atoms with Crippen molar-refractivity contribution in [2.24, 2.45) is 0 Å². The van der Waals surface area contributed by atoms with Crippen LogP contribution in [0.25, 0.3) is 5.95 Å². The van der Waals surface area contributed by atoms with Crippen molar-refractivity contribution in [2.45, 2.75) is 19.8 Å². The summed E-state index contributed by atoms with van der Waals surface area (Å²) in [6.45, 7) is 4.14. The van der Waals surface area contributed by atoms with Gasteiger partial charge in [0.2, 0.25) is 0 Å². The average molecular weight is 189 g/mol. The molecule has 0 aliphatic carbocycles. The zero-order chi connectivity index (χ0) is 9.97. The Bertz CT molecular complexity index is 406. The summed E-state index contributed by atoms with van der Waals surface area (Å²) in [5.74, 6) is 0.916. The number of nitrogens with zero attached hydrogens (tertiary/aromatic N) is 5. The zero-order valence-electron chi connectivity index (χ0n) is 8.12. The van der Waals surface area contributed by atoms with Gasteiger partial charge in [-0.3, -0.25) is 0 Å². The lowest BCUT2D eigenvalue weighted by atomic mass is 10.2. The van der Waals surface area contributed by atoms with Crippen LogP contribution in [-0.2, 0) is 0 Å². The Kier molecular flexibility index (Phi) is 2.22. The fraction of sp³-hybridized carbons (Fsp3) is 0.333. The number of hydrogen-bond acceptors (Lipinski definition) is 4. The van der Waals surface area contributed by atoms with E-state index in [1.807, 2.05) is 6.20 Å². The molecule has 0 saturated heterocycles. The van der Waals surface area contributed by atoms with Crippen LogP contribution in [0.15, 0.2) is 24.7 Å². The topological polar surface area (TPSA) is 56.5 Å². The van der Waals surface area contributed by atoms with Gasteiger partial charge in [-0.05, 0) is 12.0 Å². The molecule has 2 rings (SSSR count). The molecular formula is C9H11N5. The van der Waals surface area contributed by atoms with Gasteiger partial charge in [-0.1, -0.05) is 19.1 Å². The van der Waals surface area contributed by atoms with Crippen LogP contribution in [0.1, 0.15) is 25.5 Å². The molecule has 2 aromatic rings. The van der Waals surface area contributed by atoms with Gasteiger partial charge in [0, 0.05) is 12.4 Å². The highest BCUT2D eigenvalue weighted by Crippen LogP contribution is 2.10. The maximum atomic E-state index is 4.07. The van der Waals surface area contributed by atoms with Crippen LogP contribution < -0.4 is 0 Å². The monoisotopic (exact) mass is 189 g/mol. The third kappa shape index (κ3) is 1.61. The Labute approximate surface area is 81.8 Å². The maximum Gasteiger partial charge on any atom is 0.251 e. The van der Waals surface area contributed by atoms with Crippen LogP contribution >= 0.6 is 0 Å². The predicted molar refractivity (Wildman–Crippen MR) is 51.0 cm³/mol. The molecule has 0 aliphatic heterocycles. The SMILES string of the molecule is CC(C)c1cn(-c2ncccn2)nn1. The van der Waals surface area contributed by atoms with Gasteiger partial charge in [0.05, 0.1) is 11.9 Å². The quantitative estimate of drug-likeness (QED) is 0.711. The molecule has 0 N–H and O–H groups in total. The standard InChI is InChI=1S/C9H11N5/c1-7(2)8-6-14(13-12-8)9-10-4-3-5-11-9/h3-7H,1-2H3. The molecule has 14 heavy (non-hydrogen) atoms. The molecular weight excluding hydrogens is 178 g/mol. The van der Waals surface area contributed by atoms with E-state index in [9.17, 15) is 0 Å². The maximum absolute atomic E-state index is 4.07. The van der Waals surface area contributed by atoms with E-state index in [1.54, 1.807) is 23.1 Å². The summed E-state index contributed by atoms with van der Waals surface area (Å²) < 4.78 is 1.58. The fourth-order valence-electron chi connectivity index (χ4n) is 1.05. The first-order chi connectivity index (χ1) is 6.77. The molecule has 2 heterocycles. The Hall–Kier alpha value is -1.78. The fourth-order valence-corrected chi connectivity index (χ4v) is 1.05. The van der Waals surface area contributed by atoms with E-state index in [0.29, 0.717) is 11.9 Å². The third-order valence-corrected chi connectivity index (χ3v) is 1.86. The Morgan fingerprint density at radius 1 is 1.21 bits per heavy atom. The van der Waals surface area contributed by atoms with E-state index in [2.05, 4.69) is 34.1 Å². The molecule has 0 bridgehead atoms. The van der Waals surface area contributed by atoms with Gasteiger partial charge in [0.25, 0.3) is 5.95 Å². The molecule has 0 aromatic carbocycles. The van der Waals surface area contributed by atoms with Gasteiger partial charge in [0.1, 0.15) is 0 Å². The number of rotatable bonds is 2. The summed E-state index contributed by atoms with van der Waals surface area (Å²) in [4.78, 5) is 8.14. The third-order valence-electron chi connectivity index (χ3n) is 1.86. The van der Waals surface area contributed by atoms with Gasteiger partial charge < -0.3 is 0 Å². The summed E-state index contributed by atoms with van der Waals surface area (Å²) in [5.41, 5.74) is 0.942. The average Bonchev–Trinajstić information content (AvgIpc) is 2.68. The van der Waals surface area contributed by atoms with E-state index in [1.165, 1.54) is 0 Å². The Morgan fingerprint density at radius 2 is 1.93 bits per heavy atom. The first kappa shape index (κ1) is 8.80. The molecule has 0 aliphatic rings. The van der Waals surface area contributed by atoms with E-state index >= 15 is 0 Å². The largest absolute Gasteiger partial charge is 0.251 e. The van der Waals surface area contributed by atoms with E-state index < -0.39 is 0 Å². The lowest BCUT2D eigenvalue weighted by Gasteiger charge is -1.96. The van der Waals surface area contributed by atoms with Gasteiger partial charge in [-0.2, -0.15) is 4.68 Å². The first-order valence-corrected chi connectivity index (χ1v) is 4.47. The Balaban J connectivity index is 2.34. The minimum atomic E-state index is 0.368. The molecule has 0 spiro atoms. The minimum Gasteiger partial charge on any atom is -0.220 e. The van der Waals surface area contributed by atoms with Gasteiger partial charge in [0.15, 0.2) is 0 Å². The molecule has 0 saturated carbocycles. The lowest BCUT2D eigenvalue weighted by molar-refractivity contribution is 0.745. The smallest absolute Gasteiger partial charge is 0.220 e. The molecule has 5 heteroatoms. The second kappa shape index (κ2) is 3.53. The van der Waals surface area contributed by atoms with Crippen molar-refractivity contribution in [3.63, 3.8) is 0 Å². The molecule has 0 fully saturated rings. The zero-order valence-corrected chi connectivity index (χ0v) is 8.12. The summed E-state index contributed by atoms with van der Waals surface area (Å²) in [6.07, 6.45) is 5.21. The van der Waals surface area contributed by atoms with Crippen LogP contribution in [0, 0.1) is 0 Å². The van der Waals surface area contributed by atoms with Crippen LogP contribution in [-0.4, -0.2) is 25.0 Å². The summed E-state index contributed by atoms with van der Waals surface area (Å²) >= 11 is 0. The first-order valence-electron chi connectivity index (χ1n) is 4.47. The number of hydrogen-bond donors (Lipinski definition) is 0. The summed E-state index contributed by atoms with van der Waals surface area (Å²) in [7, 11) is 0. The highest BCUT2D eigenvalue weighted by Gasteiger charge is 2.06. The molecule has 72 valence electrons. The van der Waals surface area contributed by atoms with Crippen molar-refractivity contribution < 1.29 is 0 Å². The van der Waals surface area contributed by atoms with E-state index in [0.717, 1.165) is 5.69 Å². The Morgan fingerprint density at radius 3 is 2.50 bits per heavy atom. The molecule has 0 radical (unpaired) electrons. The number of aromatic nitrogens is 5. The van der Waals surface area contributed by atoms with Crippen molar-refractivity contribution in [3.05, 3.63) is 30.4 Å². The van der Waals surface area contributed by atoms with Crippen molar-refractivity contribution >= 4 is 0 Å². The van der Waals surface area contributed by atoms with Crippen LogP contribution in [0.3, 0.4) is 0 Å². The lowest BCUT2D eigenvalue weighted by Crippen LogP contribution is -2.00.